The van der Waals surface area contributed by atoms with Gasteiger partial charge in [-0.05, 0) is 29.8 Å². The summed E-state index contributed by atoms with van der Waals surface area (Å²) in [6, 6.07) is 8.63. The topological polar surface area (TPSA) is 54.0 Å². The number of carbonyl (C=O) groups is 1. The molecule has 0 amide bonds. The molecule has 0 radical (unpaired) electrons. The standard InChI is InChI=1S/C19H17ClO5/c1-22-17-10-13(14(20)11-18(17)23-2)15(21)5-3-12-4-6-16-19(9-12)25-8-7-24-16/h3-6,9-11H,7-8H2,1-2H3. The molecule has 0 aliphatic carbocycles. The number of rotatable bonds is 5. The zero-order chi connectivity index (χ0) is 17.8. The van der Waals surface area contributed by atoms with Gasteiger partial charge in [-0.3, -0.25) is 4.79 Å². The first-order chi connectivity index (χ1) is 12.1. The highest BCUT2D eigenvalue weighted by Gasteiger charge is 2.15. The summed E-state index contributed by atoms with van der Waals surface area (Å²) in [5, 5.41) is 0.300. The molecule has 0 N–H and O–H groups in total. The highest BCUT2D eigenvalue weighted by atomic mass is 35.5. The first kappa shape index (κ1) is 17.2. The van der Waals surface area contributed by atoms with Gasteiger partial charge in [-0.1, -0.05) is 23.7 Å². The molecular weight excluding hydrogens is 344 g/mol. The fraction of sp³-hybridized carbons (Fsp3) is 0.211. The van der Waals surface area contributed by atoms with E-state index in [4.69, 9.17) is 30.5 Å². The second-order valence-corrected chi connectivity index (χ2v) is 5.69. The van der Waals surface area contributed by atoms with Gasteiger partial charge in [0.15, 0.2) is 28.8 Å². The van der Waals surface area contributed by atoms with E-state index < -0.39 is 0 Å². The summed E-state index contributed by atoms with van der Waals surface area (Å²) in [5.74, 6) is 2.06. The highest BCUT2D eigenvalue weighted by molar-refractivity contribution is 6.35. The molecule has 130 valence electrons. The Balaban J connectivity index is 1.83. The number of halogens is 1. The van der Waals surface area contributed by atoms with Gasteiger partial charge in [0, 0.05) is 11.6 Å². The lowest BCUT2D eigenvalue weighted by atomic mass is 10.1. The largest absolute Gasteiger partial charge is 0.493 e. The molecule has 0 aromatic heterocycles. The first-order valence-electron chi connectivity index (χ1n) is 7.66. The van der Waals surface area contributed by atoms with Gasteiger partial charge >= 0.3 is 0 Å². The molecule has 2 aromatic carbocycles. The number of allylic oxidation sites excluding steroid dienone is 1. The second kappa shape index (κ2) is 7.49. The summed E-state index contributed by atoms with van der Waals surface area (Å²) in [4.78, 5) is 12.5. The van der Waals surface area contributed by atoms with Crippen LogP contribution in [0.4, 0.5) is 0 Å². The summed E-state index contributed by atoms with van der Waals surface area (Å²) < 4.78 is 21.4. The van der Waals surface area contributed by atoms with E-state index in [1.54, 1.807) is 18.2 Å². The predicted molar refractivity (Wildman–Crippen MR) is 95.4 cm³/mol. The molecule has 3 rings (SSSR count). The maximum atomic E-state index is 12.5. The van der Waals surface area contributed by atoms with Crippen LogP contribution < -0.4 is 18.9 Å². The Morgan fingerprint density at radius 2 is 1.72 bits per heavy atom. The van der Waals surface area contributed by atoms with Gasteiger partial charge in [0.05, 0.1) is 19.2 Å². The molecule has 0 saturated heterocycles. The molecule has 0 unspecified atom stereocenters. The van der Waals surface area contributed by atoms with Crippen LogP contribution in [0.5, 0.6) is 23.0 Å². The van der Waals surface area contributed by atoms with Gasteiger partial charge in [0.1, 0.15) is 13.2 Å². The second-order valence-electron chi connectivity index (χ2n) is 5.29. The van der Waals surface area contributed by atoms with Crippen LogP contribution in [-0.2, 0) is 0 Å². The summed E-state index contributed by atoms with van der Waals surface area (Å²) >= 11 is 6.18. The van der Waals surface area contributed by atoms with E-state index in [-0.39, 0.29) is 5.78 Å². The van der Waals surface area contributed by atoms with E-state index in [9.17, 15) is 4.79 Å². The van der Waals surface area contributed by atoms with Crippen LogP contribution in [0.2, 0.25) is 5.02 Å². The number of hydrogen-bond acceptors (Lipinski definition) is 5. The third-order valence-electron chi connectivity index (χ3n) is 3.73. The molecule has 0 atom stereocenters. The number of methoxy groups -OCH3 is 2. The van der Waals surface area contributed by atoms with Crippen molar-refractivity contribution in [3.63, 3.8) is 0 Å². The van der Waals surface area contributed by atoms with Gasteiger partial charge in [-0.25, -0.2) is 0 Å². The Bertz CT molecular complexity index is 829. The van der Waals surface area contributed by atoms with E-state index in [0.29, 0.717) is 46.8 Å². The SMILES string of the molecule is COc1cc(Cl)c(C(=O)C=Cc2ccc3c(c2)OCCO3)cc1OC. The third-order valence-corrected chi connectivity index (χ3v) is 4.04. The van der Waals surface area contributed by atoms with Crippen molar-refractivity contribution >= 4 is 23.5 Å². The number of carbonyl (C=O) groups excluding carboxylic acids is 1. The van der Waals surface area contributed by atoms with Gasteiger partial charge < -0.3 is 18.9 Å². The zero-order valence-electron chi connectivity index (χ0n) is 13.9. The molecule has 25 heavy (non-hydrogen) atoms. The van der Waals surface area contributed by atoms with E-state index >= 15 is 0 Å². The first-order valence-corrected chi connectivity index (χ1v) is 8.03. The molecule has 0 spiro atoms. The Labute approximate surface area is 150 Å². The van der Waals surface area contributed by atoms with Crippen LogP contribution in [0.1, 0.15) is 15.9 Å². The molecule has 1 aliphatic heterocycles. The highest BCUT2D eigenvalue weighted by Crippen LogP contribution is 2.34. The molecule has 6 heteroatoms. The number of ether oxygens (including phenoxy) is 4. The van der Waals surface area contributed by atoms with Crippen molar-refractivity contribution < 1.29 is 23.7 Å². The van der Waals surface area contributed by atoms with Crippen LogP contribution >= 0.6 is 11.6 Å². The van der Waals surface area contributed by atoms with Crippen LogP contribution in [0.3, 0.4) is 0 Å². The molecule has 2 aromatic rings. The summed E-state index contributed by atoms with van der Waals surface area (Å²) in [7, 11) is 3.02. The average Bonchev–Trinajstić information content (AvgIpc) is 2.65. The molecule has 0 saturated carbocycles. The predicted octanol–water partition coefficient (Wildman–Crippen LogP) is 4.02. The van der Waals surface area contributed by atoms with Gasteiger partial charge in [-0.15, -0.1) is 0 Å². The number of benzene rings is 2. The minimum absolute atomic E-state index is 0.235. The average molecular weight is 361 g/mol. The lowest BCUT2D eigenvalue weighted by molar-refractivity contribution is 0.104. The Hall–Kier alpha value is -2.66. The van der Waals surface area contributed by atoms with E-state index in [1.807, 2.05) is 18.2 Å². The summed E-state index contributed by atoms with van der Waals surface area (Å²) in [5.41, 5.74) is 1.17. The maximum Gasteiger partial charge on any atom is 0.187 e. The number of fused-ring (bicyclic) bond motifs is 1. The van der Waals surface area contributed by atoms with Gasteiger partial charge in [-0.2, -0.15) is 0 Å². The zero-order valence-corrected chi connectivity index (χ0v) is 14.6. The fourth-order valence-electron chi connectivity index (χ4n) is 2.47. The molecular formula is C19H17ClO5. The van der Waals surface area contributed by atoms with Crippen LogP contribution in [0, 0.1) is 0 Å². The smallest absolute Gasteiger partial charge is 0.187 e. The number of hydrogen-bond donors (Lipinski definition) is 0. The van der Waals surface area contributed by atoms with Gasteiger partial charge in [0.25, 0.3) is 0 Å². The van der Waals surface area contributed by atoms with Crippen LogP contribution in [0.15, 0.2) is 36.4 Å². The van der Waals surface area contributed by atoms with Gasteiger partial charge in [0.2, 0.25) is 0 Å². The molecule has 0 fully saturated rings. The molecule has 0 bridgehead atoms. The Morgan fingerprint density at radius 3 is 2.44 bits per heavy atom. The Morgan fingerprint density at radius 1 is 1.04 bits per heavy atom. The molecule has 1 heterocycles. The van der Waals surface area contributed by atoms with Crippen molar-refractivity contribution in [2.45, 2.75) is 0 Å². The van der Waals surface area contributed by atoms with Crippen LogP contribution in [-0.4, -0.2) is 33.2 Å². The summed E-state index contributed by atoms with van der Waals surface area (Å²) in [6.45, 7) is 1.05. The molecule has 1 aliphatic rings. The number of ketones is 1. The van der Waals surface area contributed by atoms with Crippen molar-refractivity contribution in [3.05, 3.63) is 52.6 Å². The van der Waals surface area contributed by atoms with Crippen LogP contribution in [0.25, 0.3) is 6.08 Å². The third kappa shape index (κ3) is 3.72. The molecule has 5 nitrogen and oxygen atoms in total. The van der Waals surface area contributed by atoms with Crippen molar-refractivity contribution in [2.75, 3.05) is 27.4 Å². The quantitative estimate of drug-likeness (QED) is 0.595. The van der Waals surface area contributed by atoms with E-state index in [2.05, 4.69) is 0 Å². The minimum atomic E-state index is -0.235. The van der Waals surface area contributed by atoms with Crippen molar-refractivity contribution in [1.82, 2.24) is 0 Å². The van der Waals surface area contributed by atoms with Crippen molar-refractivity contribution in [2.24, 2.45) is 0 Å². The monoisotopic (exact) mass is 360 g/mol. The maximum absolute atomic E-state index is 12.5. The fourth-order valence-corrected chi connectivity index (χ4v) is 2.72. The lowest BCUT2D eigenvalue weighted by Crippen LogP contribution is -2.15. The normalized spacial score (nSPS) is 12.9. The lowest BCUT2D eigenvalue weighted by Gasteiger charge is -2.18. The van der Waals surface area contributed by atoms with E-state index in [0.717, 1.165) is 5.56 Å². The van der Waals surface area contributed by atoms with Crippen molar-refractivity contribution in [3.8, 4) is 23.0 Å². The minimum Gasteiger partial charge on any atom is -0.493 e. The van der Waals surface area contributed by atoms with E-state index in [1.165, 1.54) is 20.3 Å². The van der Waals surface area contributed by atoms with Crippen molar-refractivity contribution in [1.29, 1.82) is 0 Å². The summed E-state index contributed by atoms with van der Waals surface area (Å²) in [6.07, 6.45) is 3.16. The Kier molecular flexibility index (Phi) is 5.14.